The summed E-state index contributed by atoms with van der Waals surface area (Å²) in [4.78, 5) is 0.0425. The van der Waals surface area contributed by atoms with Crippen molar-refractivity contribution in [2.75, 3.05) is 0 Å². The molecule has 1 aromatic rings. The summed E-state index contributed by atoms with van der Waals surface area (Å²) in [5, 5.41) is 4.21. The summed E-state index contributed by atoms with van der Waals surface area (Å²) >= 11 is 0. The number of unbranched alkanes of at least 4 members (excludes halogenated alkanes) is 1. The first kappa shape index (κ1) is 15.5. The molecule has 7 heteroatoms. The Kier molecular flexibility index (Phi) is 5.62. The fraction of sp³-hybridized carbons (Fsp3) is 0.727. The van der Waals surface area contributed by atoms with Gasteiger partial charge in [-0.3, -0.25) is 4.68 Å². The van der Waals surface area contributed by atoms with Crippen LogP contribution >= 0.6 is 10.7 Å². The van der Waals surface area contributed by atoms with Gasteiger partial charge < -0.3 is 4.74 Å². The van der Waals surface area contributed by atoms with E-state index in [4.69, 9.17) is 15.4 Å². The van der Waals surface area contributed by atoms with Gasteiger partial charge in [-0.15, -0.1) is 0 Å². The van der Waals surface area contributed by atoms with Gasteiger partial charge in [0.05, 0.1) is 12.7 Å². The third kappa shape index (κ3) is 4.59. The normalized spacial score (nSPS) is 12.3. The van der Waals surface area contributed by atoms with Crippen LogP contribution in [0.4, 0.5) is 0 Å². The van der Waals surface area contributed by atoms with E-state index in [1.165, 1.54) is 6.20 Å². The Morgan fingerprint density at radius 2 is 2.17 bits per heavy atom. The lowest BCUT2D eigenvalue weighted by Crippen LogP contribution is -2.06. The van der Waals surface area contributed by atoms with Gasteiger partial charge in [-0.25, -0.2) is 8.42 Å². The summed E-state index contributed by atoms with van der Waals surface area (Å²) in [5.74, 6) is 0. The minimum absolute atomic E-state index is 0.0108. The van der Waals surface area contributed by atoms with E-state index in [1.807, 2.05) is 13.8 Å². The maximum atomic E-state index is 11.4. The molecule has 18 heavy (non-hydrogen) atoms. The molecule has 0 aliphatic heterocycles. The molecule has 0 aromatic carbocycles. The molecule has 5 nitrogen and oxygen atoms in total. The van der Waals surface area contributed by atoms with Gasteiger partial charge in [0.2, 0.25) is 0 Å². The van der Waals surface area contributed by atoms with Gasteiger partial charge in [-0.05, 0) is 20.3 Å². The highest BCUT2D eigenvalue weighted by atomic mass is 35.7. The maximum Gasteiger partial charge on any atom is 0.264 e. The number of aromatic nitrogens is 2. The third-order valence-corrected chi connectivity index (χ3v) is 3.72. The summed E-state index contributed by atoms with van der Waals surface area (Å²) in [6.07, 6.45) is 3.43. The summed E-state index contributed by atoms with van der Waals surface area (Å²) in [7, 11) is 1.61. The quantitative estimate of drug-likeness (QED) is 0.725. The number of ether oxygens (including phenoxy) is 1. The first-order valence-electron chi connectivity index (χ1n) is 5.97. The van der Waals surface area contributed by atoms with E-state index in [2.05, 4.69) is 12.0 Å². The molecule has 1 heterocycles. The van der Waals surface area contributed by atoms with Gasteiger partial charge >= 0.3 is 0 Å². The van der Waals surface area contributed by atoms with E-state index >= 15 is 0 Å². The monoisotopic (exact) mass is 294 g/mol. The van der Waals surface area contributed by atoms with Crippen LogP contribution in [0, 0.1) is 0 Å². The molecular formula is C11H19ClN2O3S. The molecule has 0 spiro atoms. The van der Waals surface area contributed by atoms with Crippen LogP contribution in [0.1, 0.15) is 39.3 Å². The molecular weight excluding hydrogens is 276 g/mol. The average Bonchev–Trinajstić information content (AvgIpc) is 2.66. The zero-order valence-corrected chi connectivity index (χ0v) is 12.5. The molecule has 0 saturated heterocycles. The van der Waals surface area contributed by atoms with Crippen LogP contribution in [-0.4, -0.2) is 24.3 Å². The van der Waals surface area contributed by atoms with Crippen LogP contribution in [0.25, 0.3) is 0 Å². The highest BCUT2D eigenvalue weighted by Crippen LogP contribution is 2.20. The van der Waals surface area contributed by atoms with Gasteiger partial charge in [0.15, 0.2) is 0 Å². The van der Waals surface area contributed by atoms with Gasteiger partial charge in [-0.2, -0.15) is 5.10 Å². The Hall–Kier alpha value is -0.590. The number of aryl methyl sites for hydroxylation is 1. The van der Waals surface area contributed by atoms with Crippen molar-refractivity contribution in [1.82, 2.24) is 9.78 Å². The summed E-state index contributed by atoms with van der Waals surface area (Å²) in [6, 6.07) is 0. The molecule has 1 aromatic heterocycles. The van der Waals surface area contributed by atoms with Crippen molar-refractivity contribution in [3.05, 3.63) is 11.9 Å². The lowest BCUT2D eigenvalue weighted by Gasteiger charge is -2.05. The predicted molar refractivity (Wildman–Crippen MR) is 70.1 cm³/mol. The summed E-state index contributed by atoms with van der Waals surface area (Å²) in [6.45, 7) is 6.65. The Labute approximate surface area is 113 Å². The van der Waals surface area contributed by atoms with Crippen LogP contribution < -0.4 is 0 Å². The molecule has 0 aliphatic rings. The van der Waals surface area contributed by atoms with Crippen molar-refractivity contribution in [3.8, 4) is 0 Å². The molecule has 0 radical (unpaired) electrons. The van der Waals surface area contributed by atoms with Gasteiger partial charge in [0.25, 0.3) is 9.05 Å². The molecule has 104 valence electrons. The molecule has 0 amide bonds. The summed E-state index contributed by atoms with van der Waals surface area (Å²) < 4.78 is 29.9. The van der Waals surface area contributed by atoms with E-state index < -0.39 is 9.05 Å². The third-order valence-electron chi connectivity index (χ3n) is 2.36. The van der Waals surface area contributed by atoms with Crippen molar-refractivity contribution in [2.45, 2.75) is 57.8 Å². The van der Waals surface area contributed by atoms with Crippen molar-refractivity contribution >= 4 is 19.7 Å². The van der Waals surface area contributed by atoms with Crippen LogP contribution in [-0.2, 0) is 26.9 Å². The van der Waals surface area contributed by atoms with Crippen molar-refractivity contribution < 1.29 is 13.2 Å². The fourth-order valence-corrected chi connectivity index (χ4v) is 2.44. The van der Waals surface area contributed by atoms with Crippen LogP contribution in [0.5, 0.6) is 0 Å². The number of rotatable bonds is 7. The van der Waals surface area contributed by atoms with Gasteiger partial charge in [-0.1, -0.05) is 13.3 Å². The first-order valence-corrected chi connectivity index (χ1v) is 8.28. The topological polar surface area (TPSA) is 61.2 Å². The van der Waals surface area contributed by atoms with Gasteiger partial charge in [0, 0.05) is 23.4 Å². The van der Waals surface area contributed by atoms with E-state index in [-0.39, 0.29) is 17.6 Å². The van der Waals surface area contributed by atoms with Crippen molar-refractivity contribution in [1.29, 1.82) is 0 Å². The molecule has 0 atom stereocenters. The smallest absolute Gasteiger partial charge is 0.264 e. The standard InChI is InChI=1S/C11H19ClN2O3S/c1-4-5-6-14-7-11(18(12,15)16)10(13-14)8-17-9(2)3/h7,9H,4-6,8H2,1-3H3. The predicted octanol–water partition coefficient (Wildman–Crippen LogP) is 2.54. The average molecular weight is 295 g/mol. The van der Waals surface area contributed by atoms with Crippen molar-refractivity contribution in [2.24, 2.45) is 0 Å². The molecule has 0 N–H and O–H groups in total. The Morgan fingerprint density at radius 3 is 2.67 bits per heavy atom. The summed E-state index contributed by atoms with van der Waals surface area (Å²) in [5.41, 5.74) is 0.370. The highest BCUT2D eigenvalue weighted by molar-refractivity contribution is 8.13. The van der Waals surface area contributed by atoms with Crippen LogP contribution in [0.2, 0.25) is 0 Å². The minimum atomic E-state index is -3.78. The first-order chi connectivity index (χ1) is 8.34. The number of hydrogen-bond donors (Lipinski definition) is 0. The number of hydrogen-bond acceptors (Lipinski definition) is 4. The van der Waals surface area contributed by atoms with Crippen molar-refractivity contribution in [3.63, 3.8) is 0 Å². The Morgan fingerprint density at radius 1 is 1.50 bits per heavy atom. The second-order valence-electron chi connectivity index (χ2n) is 4.35. The largest absolute Gasteiger partial charge is 0.372 e. The van der Waals surface area contributed by atoms with E-state index in [1.54, 1.807) is 4.68 Å². The van der Waals surface area contributed by atoms with E-state index in [0.29, 0.717) is 12.2 Å². The highest BCUT2D eigenvalue weighted by Gasteiger charge is 2.20. The number of nitrogens with zero attached hydrogens (tertiary/aromatic N) is 2. The Balaban J connectivity index is 2.94. The molecule has 0 aliphatic carbocycles. The van der Waals surface area contributed by atoms with Gasteiger partial charge in [0.1, 0.15) is 10.6 Å². The minimum Gasteiger partial charge on any atom is -0.372 e. The second kappa shape index (κ2) is 6.54. The molecule has 0 unspecified atom stereocenters. The lowest BCUT2D eigenvalue weighted by molar-refractivity contribution is 0.0619. The number of halogens is 1. The Bertz CT molecular complexity index is 482. The zero-order chi connectivity index (χ0) is 13.8. The fourth-order valence-electron chi connectivity index (χ4n) is 1.43. The van der Waals surface area contributed by atoms with Crippen LogP contribution in [0.3, 0.4) is 0 Å². The molecule has 0 saturated carbocycles. The van der Waals surface area contributed by atoms with E-state index in [0.717, 1.165) is 12.8 Å². The van der Waals surface area contributed by atoms with E-state index in [9.17, 15) is 8.42 Å². The lowest BCUT2D eigenvalue weighted by atomic mass is 10.3. The second-order valence-corrected chi connectivity index (χ2v) is 6.89. The molecule has 1 rings (SSSR count). The van der Waals surface area contributed by atoms with Crippen LogP contribution in [0.15, 0.2) is 11.1 Å². The SMILES string of the molecule is CCCCn1cc(S(=O)(=O)Cl)c(COC(C)C)n1. The zero-order valence-electron chi connectivity index (χ0n) is 10.9. The molecule has 0 bridgehead atoms. The molecule has 0 fully saturated rings. The maximum absolute atomic E-state index is 11.4.